The highest BCUT2D eigenvalue weighted by molar-refractivity contribution is 5.83. The molecule has 0 fully saturated rings. The van der Waals surface area contributed by atoms with E-state index in [0.29, 0.717) is 6.42 Å². The van der Waals surface area contributed by atoms with Gasteiger partial charge in [0, 0.05) is 6.42 Å². The summed E-state index contributed by atoms with van der Waals surface area (Å²) in [6, 6.07) is 10.3. The van der Waals surface area contributed by atoms with Gasteiger partial charge in [0.05, 0.1) is 12.4 Å². The van der Waals surface area contributed by atoms with E-state index in [4.69, 9.17) is 11.5 Å². The van der Waals surface area contributed by atoms with Gasteiger partial charge in [0.1, 0.15) is 0 Å². The Labute approximate surface area is 158 Å². The van der Waals surface area contributed by atoms with E-state index in [2.05, 4.69) is 31.3 Å². The van der Waals surface area contributed by atoms with E-state index in [-0.39, 0.29) is 18.3 Å². The highest BCUT2D eigenvalue weighted by Crippen LogP contribution is 1.92. The minimum Gasteiger partial charge on any atom is -0.368 e. The molecular formula is C20H36FN3O2. The summed E-state index contributed by atoms with van der Waals surface area (Å²) in [6.45, 7) is 9.78. The predicted molar refractivity (Wildman–Crippen MR) is 108 cm³/mol. The van der Waals surface area contributed by atoms with Gasteiger partial charge in [-0.15, -0.1) is 0 Å². The van der Waals surface area contributed by atoms with Crippen molar-refractivity contribution < 1.29 is 14.0 Å². The molecule has 0 aliphatic carbocycles. The van der Waals surface area contributed by atoms with E-state index in [0.717, 1.165) is 6.54 Å². The normalized spacial score (nSPS) is 9.27. The summed E-state index contributed by atoms with van der Waals surface area (Å²) in [5.41, 5.74) is 11.2. The van der Waals surface area contributed by atoms with Gasteiger partial charge in [0.25, 0.3) is 0 Å². The lowest BCUT2D eigenvalue weighted by Crippen LogP contribution is -2.32. The summed E-state index contributed by atoms with van der Waals surface area (Å²) in [6.07, 6.45) is 4.18. The van der Waals surface area contributed by atoms with Crippen molar-refractivity contribution in [3.63, 3.8) is 0 Å². The number of primary amides is 1. The highest BCUT2D eigenvalue weighted by atomic mass is 19.1. The first-order valence-electron chi connectivity index (χ1n) is 8.80. The van der Waals surface area contributed by atoms with Crippen LogP contribution < -0.4 is 16.8 Å². The number of amides is 2. The summed E-state index contributed by atoms with van der Waals surface area (Å²) in [4.78, 5) is 20.4. The Kier molecular flexibility index (Phi) is 25.1. The number of benzene rings is 1. The lowest BCUT2D eigenvalue weighted by molar-refractivity contribution is -0.124. The van der Waals surface area contributed by atoms with E-state index < -0.39 is 5.91 Å². The molecule has 6 heteroatoms. The second-order valence-corrected chi connectivity index (χ2v) is 5.27. The third kappa shape index (κ3) is 33.4. The number of unbranched alkanes of at least 4 members (excludes halogenated alkanes) is 1. The summed E-state index contributed by atoms with van der Waals surface area (Å²) >= 11 is 0. The van der Waals surface area contributed by atoms with Gasteiger partial charge in [-0.2, -0.15) is 0 Å². The molecule has 5 nitrogen and oxygen atoms in total. The molecule has 0 saturated carbocycles. The molecule has 26 heavy (non-hydrogen) atoms. The summed E-state index contributed by atoms with van der Waals surface area (Å²) in [7, 11) is 0. The van der Waals surface area contributed by atoms with Crippen LogP contribution >= 0.6 is 0 Å². The van der Waals surface area contributed by atoms with Crippen molar-refractivity contribution in [3.05, 3.63) is 47.8 Å². The topological polar surface area (TPSA) is 98.2 Å². The van der Waals surface area contributed by atoms with Gasteiger partial charge >= 0.3 is 0 Å². The molecule has 0 spiro atoms. The molecule has 1 rings (SSSR count). The first-order valence-corrected chi connectivity index (χ1v) is 8.80. The van der Waals surface area contributed by atoms with Crippen LogP contribution in [-0.4, -0.2) is 24.9 Å². The van der Waals surface area contributed by atoms with Crippen LogP contribution in [0.25, 0.3) is 0 Å². The lowest BCUT2D eigenvalue weighted by atomic mass is 10.2. The fourth-order valence-electron chi connectivity index (χ4n) is 1.05. The Morgan fingerprint density at radius 3 is 1.88 bits per heavy atom. The molecule has 2 amide bonds. The number of rotatable bonds is 5. The van der Waals surface area contributed by atoms with Gasteiger partial charge in [-0.1, -0.05) is 62.2 Å². The molecule has 0 saturated heterocycles. The molecule has 0 atom stereocenters. The minimum absolute atomic E-state index is 0.0628. The number of halogens is 1. The number of allylic oxidation sites excluding steroid dienone is 2. The average molecular weight is 370 g/mol. The smallest absolute Gasteiger partial charge is 0.236 e. The maximum Gasteiger partial charge on any atom is 0.236 e. The van der Waals surface area contributed by atoms with Crippen LogP contribution in [-0.2, 0) is 9.59 Å². The fourth-order valence-corrected chi connectivity index (χ4v) is 1.05. The monoisotopic (exact) mass is 369 g/mol. The third-order valence-electron chi connectivity index (χ3n) is 2.68. The van der Waals surface area contributed by atoms with Crippen molar-refractivity contribution in [2.45, 2.75) is 53.9 Å². The van der Waals surface area contributed by atoms with Crippen molar-refractivity contribution in [2.75, 3.05) is 13.1 Å². The molecule has 0 unspecified atom stereocenters. The first kappa shape index (κ1) is 28.6. The first-order chi connectivity index (χ1) is 12.2. The molecule has 5 N–H and O–H groups in total. The van der Waals surface area contributed by atoms with Crippen LogP contribution in [0.3, 0.4) is 0 Å². The quantitative estimate of drug-likeness (QED) is 0.739. The molecule has 0 radical (unpaired) electrons. The van der Waals surface area contributed by atoms with E-state index in [9.17, 15) is 14.0 Å². The SMILES string of the molecule is C/C=C(\C)F.CCC(=O)NCC(N)=O.CCCCN.Cc1ccccc1. The number of nitrogens with one attached hydrogen (secondary N) is 1. The number of nitrogens with two attached hydrogens (primary N) is 2. The van der Waals surface area contributed by atoms with Crippen molar-refractivity contribution in [2.24, 2.45) is 11.5 Å². The third-order valence-corrected chi connectivity index (χ3v) is 2.68. The molecule has 1 aromatic carbocycles. The Morgan fingerprint density at radius 2 is 1.69 bits per heavy atom. The predicted octanol–water partition coefficient (Wildman–Crippen LogP) is 3.62. The number of hydrogen-bond donors (Lipinski definition) is 3. The largest absolute Gasteiger partial charge is 0.368 e. The van der Waals surface area contributed by atoms with Crippen LogP contribution in [0.5, 0.6) is 0 Å². The second-order valence-electron chi connectivity index (χ2n) is 5.27. The van der Waals surface area contributed by atoms with E-state index in [1.807, 2.05) is 18.2 Å². The van der Waals surface area contributed by atoms with Crippen molar-refractivity contribution >= 4 is 11.8 Å². The lowest BCUT2D eigenvalue weighted by Gasteiger charge is -1.96. The molecule has 0 aliphatic heterocycles. The molecule has 0 bridgehead atoms. The second kappa shape index (κ2) is 22.8. The summed E-state index contributed by atoms with van der Waals surface area (Å²) in [5.74, 6) is -0.796. The van der Waals surface area contributed by atoms with Crippen LogP contribution in [0, 0.1) is 6.92 Å². The maximum atomic E-state index is 11.3. The molecular weight excluding hydrogens is 333 g/mol. The Balaban J connectivity index is -0.000000281. The van der Waals surface area contributed by atoms with Crippen LogP contribution in [0.15, 0.2) is 42.2 Å². The molecule has 0 heterocycles. The number of hydrogen-bond acceptors (Lipinski definition) is 3. The zero-order valence-corrected chi connectivity index (χ0v) is 16.8. The summed E-state index contributed by atoms with van der Waals surface area (Å²) < 4.78 is 11.3. The number of aryl methyl sites for hydroxylation is 1. The zero-order chi connectivity index (χ0) is 20.8. The number of carbonyl (C=O) groups excluding carboxylic acids is 2. The Morgan fingerprint density at radius 1 is 1.19 bits per heavy atom. The van der Waals surface area contributed by atoms with Crippen molar-refractivity contribution in [3.8, 4) is 0 Å². The Hall–Kier alpha value is -2.21. The summed E-state index contributed by atoms with van der Waals surface area (Å²) in [5, 5.41) is 2.32. The molecule has 150 valence electrons. The van der Waals surface area contributed by atoms with E-state index >= 15 is 0 Å². The maximum absolute atomic E-state index is 11.3. The average Bonchev–Trinajstić information content (AvgIpc) is 2.62. The zero-order valence-electron chi connectivity index (χ0n) is 16.8. The molecule has 0 aromatic heterocycles. The van der Waals surface area contributed by atoms with Gasteiger partial charge in [0.2, 0.25) is 11.8 Å². The van der Waals surface area contributed by atoms with Crippen LogP contribution in [0.1, 0.15) is 52.5 Å². The van der Waals surface area contributed by atoms with Gasteiger partial charge < -0.3 is 16.8 Å². The standard InChI is InChI=1S/C7H8.C5H10N2O2.C4H7F.C4H11N/c1-7-5-3-2-4-6-7;1-2-5(9)7-3-4(6)8;1-3-4(2)5;1-2-3-4-5/h2-6H,1H3;2-3H2,1H3,(H2,6,8)(H,7,9);3H,1-2H3;2-5H2,1H3/b;;4-3+;. The molecule has 1 aromatic rings. The fraction of sp³-hybridized carbons (Fsp3) is 0.500. The van der Waals surface area contributed by atoms with Gasteiger partial charge in [-0.3, -0.25) is 9.59 Å². The van der Waals surface area contributed by atoms with Crippen LogP contribution in [0.4, 0.5) is 4.39 Å². The Bertz CT molecular complexity index is 471. The van der Waals surface area contributed by atoms with Crippen molar-refractivity contribution in [1.29, 1.82) is 0 Å². The van der Waals surface area contributed by atoms with Gasteiger partial charge in [0.15, 0.2) is 0 Å². The number of carbonyl (C=O) groups is 2. The van der Waals surface area contributed by atoms with Crippen molar-refractivity contribution in [1.82, 2.24) is 5.32 Å². The van der Waals surface area contributed by atoms with E-state index in [1.54, 1.807) is 13.8 Å². The van der Waals surface area contributed by atoms with E-state index in [1.165, 1.54) is 31.4 Å². The van der Waals surface area contributed by atoms with Gasteiger partial charge in [-0.25, -0.2) is 4.39 Å². The highest BCUT2D eigenvalue weighted by Gasteiger charge is 1.96. The molecule has 0 aliphatic rings. The van der Waals surface area contributed by atoms with Crippen LogP contribution in [0.2, 0.25) is 0 Å². The van der Waals surface area contributed by atoms with Gasteiger partial charge in [-0.05, 0) is 33.7 Å². The minimum atomic E-state index is -0.517.